The third-order valence-electron chi connectivity index (χ3n) is 3.67. The van der Waals surface area contributed by atoms with Gasteiger partial charge in [-0.2, -0.15) is 11.8 Å². The molecule has 0 radical (unpaired) electrons. The Bertz CT molecular complexity index is 530. The van der Waals surface area contributed by atoms with Crippen LogP contribution in [0.3, 0.4) is 0 Å². The smallest absolute Gasteiger partial charge is 0.0415 e. The summed E-state index contributed by atoms with van der Waals surface area (Å²) in [6.07, 6.45) is 1.30. The van der Waals surface area contributed by atoms with E-state index in [1.54, 1.807) is 0 Å². The fourth-order valence-corrected chi connectivity index (χ4v) is 3.79. The van der Waals surface area contributed by atoms with Gasteiger partial charge in [0.15, 0.2) is 0 Å². The molecule has 2 rings (SSSR count). The molecule has 1 unspecified atom stereocenters. The van der Waals surface area contributed by atoms with E-state index in [-0.39, 0.29) is 0 Å². The minimum Gasteiger partial charge on any atom is -0.312 e. The molecule has 0 saturated carbocycles. The van der Waals surface area contributed by atoms with Gasteiger partial charge < -0.3 is 5.32 Å². The lowest BCUT2D eigenvalue weighted by Crippen LogP contribution is -2.19. The lowest BCUT2D eigenvalue weighted by Gasteiger charge is -2.18. The average Bonchev–Trinajstić information content (AvgIpc) is 2.47. The van der Waals surface area contributed by atoms with Crippen LogP contribution in [0.1, 0.15) is 31.9 Å². The summed E-state index contributed by atoms with van der Waals surface area (Å²) in [6.45, 7) is 4.58. The fraction of sp³-hybridized carbons (Fsp3) is 0.444. The molecule has 0 fully saturated rings. The molecule has 0 spiro atoms. The average molecular weight is 287 g/mol. The van der Waals surface area contributed by atoms with Gasteiger partial charge in [0.2, 0.25) is 0 Å². The highest BCUT2D eigenvalue weighted by molar-refractivity contribution is 7.99. The summed E-state index contributed by atoms with van der Waals surface area (Å²) in [7, 11) is 2.06. The summed E-state index contributed by atoms with van der Waals surface area (Å²) in [6, 6.07) is 15.7. The number of hydrogen-bond acceptors (Lipinski definition) is 2. The number of thioether (sulfide) groups is 1. The van der Waals surface area contributed by atoms with Crippen LogP contribution in [-0.4, -0.2) is 18.6 Å². The monoisotopic (exact) mass is 287 g/mol. The van der Waals surface area contributed by atoms with Gasteiger partial charge in [-0.25, -0.2) is 0 Å². The van der Waals surface area contributed by atoms with Crippen molar-refractivity contribution in [1.82, 2.24) is 5.32 Å². The van der Waals surface area contributed by atoms with Gasteiger partial charge >= 0.3 is 0 Å². The number of benzene rings is 2. The summed E-state index contributed by atoms with van der Waals surface area (Å²) in [4.78, 5) is 0. The highest BCUT2D eigenvalue weighted by Crippen LogP contribution is 2.26. The van der Waals surface area contributed by atoms with Crippen LogP contribution < -0.4 is 5.32 Å². The fourth-order valence-electron chi connectivity index (χ4n) is 2.40. The molecule has 0 saturated heterocycles. The highest BCUT2D eigenvalue weighted by atomic mass is 32.2. The van der Waals surface area contributed by atoms with E-state index in [0.29, 0.717) is 6.04 Å². The first kappa shape index (κ1) is 15.4. The zero-order valence-corrected chi connectivity index (χ0v) is 13.5. The van der Waals surface area contributed by atoms with Gasteiger partial charge in [0.25, 0.3) is 0 Å². The summed E-state index contributed by atoms with van der Waals surface area (Å²) < 4.78 is 0. The Balaban J connectivity index is 2.09. The lowest BCUT2D eigenvalue weighted by atomic mass is 10.00. The molecular formula is C18H25NS. The first-order chi connectivity index (χ1) is 9.72. The van der Waals surface area contributed by atoms with Crippen molar-refractivity contribution in [3.05, 3.63) is 48.0 Å². The minimum absolute atomic E-state index is 0.429. The SMILES string of the molecule is CNC(CSCCC(C)C)c1cccc2ccccc12. The van der Waals surface area contributed by atoms with Gasteiger partial charge in [0, 0.05) is 11.8 Å². The molecule has 1 nitrogen and oxygen atoms in total. The number of fused-ring (bicyclic) bond motifs is 1. The molecule has 0 bridgehead atoms. The quantitative estimate of drug-likeness (QED) is 0.728. The third-order valence-corrected chi connectivity index (χ3v) is 4.76. The molecule has 2 heteroatoms. The molecule has 2 aromatic carbocycles. The Labute approximate surface area is 127 Å². The first-order valence-electron chi connectivity index (χ1n) is 7.45. The Hall–Kier alpha value is -0.990. The molecule has 20 heavy (non-hydrogen) atoms. The predicted octanol–water partition coefficient (Wildman–Crippen LogP) is 4.88. The van der Waals surface area contributed by atoms with Crippen LogP contribution in [0.4, 0.5) is 0 Å². The van der Waals surface area contributed by atoms with Crippen LogP contribution in [0.5, 0.6) is 0 Å². The zero-order valence-electron chi connectivity index (χ0n) is 12.7. The summed E-state index contributed by atoms with van der Waals surface area (Å²) >= 11 is 2.06. The lowest BCUT2D eigenvalue weighted by molar-refractivity contribution is 0.629. The van der Waals surface area contributed by atoms with E-state index < -0.39 is 0 Å². The summed E-state index contributed by atoms with van der Waals surface area (Å²) in [5.74, 6) is 3.19. The second-order valence-electron chi connectivity index (χ2n) is 5.67. The van der Waals surface area contributed by atoms with Crippen molar-refractivity contribution < 1.29 is 0 Å². The molecule has 0 aliphatic rings. The second-order valence-corrected chi connectivity index (χ2v) is 6.82. The molecule has 0 aliphatic heterocycles. The van der Waals surface area contributed by atoms with Crippen LogP contribution in [0.15, 0.2) is 42.5 Å². The third kappa shape index (κ3) is 4.00. The van der Waals surface area contributed by atoms with Crippen molar-refractivity contribution in [2.45, 2.75) is 26.3 Å². The molecule has 0 amide bonds. The van der Waals surface area contributed by atoms with E-state index in [1.807, 2.05) is 0 Å². The van der Waals surface area contributed by atoms with Crippen LogP contribution in [0.2, 0.25) is 0 Å². The molecule has 2 aromatic rings. The largest absolute Gasteiger partial charge is 0.312 e. The molecular weight excluding hydrogens is 262 g/mol. The van der Waals surface area contributed by atoms with Gasteiger partial charge in [-0.15, -0.1) is 0 Å². The van der Waals surface area contributed by atoms with E-state index in [0.717, 1.165) is 11.7 Å². The zero-order chi connectivity index (χ0) is 14.4. The Kier molecular flexibility index (Phi) is 5.93. The second kappa shape index (κ2) is 7.70. The van der Waals surface area contributed by atoms with Crippen LogP contribution in [-0.2, 0) is 0 Å². The van der Waals surface area contributed by atoms with Crippen LogP contribution in [0, 0.1) is 5.92 Å². The van der Waals surface area contributed by atoms with Crippen molar-refractivity contribution in [2.24, 2.45) is 5.92 Å². The normalized spacial score (nSPS) is 13.0. The van der Waals surface area contributed by atoms with E-state index in [2.05, 4.69) is 80.4 Å². The van der Waals surface area contributed by atoms with Gasteiger partial charge in [0.1, 0.15) is 0 Å². The maximum atomic E-state index is 3.48. The summed E-state index contributed by atoms with van der Waals surface area (Å²) in [5.41, 5.74) is 1.42. The maximum Gasteiger partial charge on any atom is 0.0415 e. The Morgan fingerprint density at radius 2 is 1.80 bits per heavy atom. The van der Waals surface area contributed by atoms with E-state index in [4.69, 9.17) is 0 Å². The maximum absolute atomic E-state index is 3.48. The molecule has 0 aromatic heterocycles. The molecule has 1 atom stereocenters. The van der Waals surface area contributed by atoms with Crippen molar-refractivity contribution in [3.8, 4) is 0 Å². The number of hydrogen-bond donors (Lipinski definition) is 1. The van der Waals surface area contributed by atoms with E-state index >= 15 is 0 Å². The first-order valence-corrected chi connectivity index (χ1v) is 8.60. The Morgan fingerprint density at radius 3 is 2.55 bits per heavy atom. The van der Waals surface area contributed by atoms with Gasteiger partial charge in [-0.05, 0) is 41.5 Å². The van der Waals surface area contributed by atoms with Gasteiger partial charge in [-0.3, -0.25) is 0 Å². The molecule has 108 valence electrons. The van der Waals surface area contributed by atoms with Gasteiger partial charge in [-0.1, -0.05) is 56.3 Å². The summed E-state index contributed by atoms with van der Waals surface area (Å²) in [5, 5.41) is 6.18. The van der Waals surface area contributed by atoms with E-state index in [1.165, 1.54) is 28.5 Å². The van der Waals surface area contributed by atoms with Crippen molar-refractivity contribution >= 4 is 22.5 Å². The molecule has 0 aliphatic carbocycles. The molecule has 1 N–H and O–H groups in total. The number of rotatable bonds is 7. The standard InChI is InChI=1S/C18H25NS/c1-14(2)11-12-20-13-18(19-3)17-10-6-8-15-7-4-5-9-16(15)17/h4-10,14,18-19H,11-13H2,1-3H3. The van der Waals surface area contributed by atoms with Crippen LogP contribution in [0.25, 0.3) is 10.8 Å². The highest BCUT2D eigenvalue weighted by Gasteiger charge is 2.12. The predicted molar refractivity (Wildman–Crippen MR) is 92.5 cm³/mol. The topological polar surface area (TPSA) is 12.0 Å². The minimum atomic E-state index is 0.429. The van der Waals surface area contributed by atoms with Crippen LogP contribution >= 0.6 is 11.8 Å². The Morgan fingerprint density at radius 1 is 1.05 bits per heavy atom. The van der Waals surface area contributed by atoms with Crippen molar-refractivity contribution in [1.29, 1.82) is 0 Å². The number of nitrogens with one attached hydrogen (secondary N) is 1. The molecule has 0 heterocycles. The van der Waals surface area contributed by atoms with Gasteiger partial charge in [0.05, 0.1) is 0 Å². The van der Waals surface area contributed by atoms with Crippen molar-refractivity contribution in [2.75, 3.05) is 18.6 Å². The van der Waals surface area contributed by atoms with Crippen molar-refractivity contribution in [3.63, 3.8) is 0 Å². The van der Waals surface area contributed by atoms with E-state index in [9.17, 15) is 0 Å².